The van der Waals surface area contributed by atoms with Crippen molar-refractivity contribution in [1.82, 2.24) is 4.98 Å². The van der Waals surface area contributed by atoms with E-state index in [0.717, 1.165) is 66.2 Å². The van der Waals surface area contributed by atoms with Crippen LogP contribution in [0.5, 0.6) is 5.75 Å². The van der Waals surface area contributed by atoms with Gasteiger partial charge in [-0.15, -0.1) is 0 Å². The molecule has 1 saturated carbocycles. The largest absolute Gasteiger partial charge is 0.490 e. The number of fused-ring (bicyclic) bond motifs is 1. The lowest BCUT2D eigenvalue weighted by Crippen LogP contribution is -2.45. The molecule has 3 rings (SSSR count). The van der Waals surface area contributed by atoms with Crippen molar-refractivity contribution >= 4 is 10.8 Å². The maximum absolute atomic E-state index is 12.1. The van der Waals surface area contributed by atoms with Gasteiger partial charge in [-0.2, -0.15) is 0 Å². The predicted molar refractivity (Wildman–Crippen MR) is 108 cm³/mol. The fourth-order valence-corrected chi connectivity index (χ4v) is 4.71. The molecule has 0 unspecified atom stereocenters. The van der Waals surface area contributed by atoms with E-state index in [4.69, 9.17) is 10.5 Å². The Labute approximate surface area is 156 Å². The van der Waals surface area contributed by atoms with Gasteiger partial charge in [0.2, 0.25) is 0 Å². The summed E-state index contributed by atoms with van der Waals surface area (Å²) in [6.45, 7) is 8.54. The summed E-state index contributed by atoms with van der Waals surface area (Å²) in [5.74, 6) is 0.942. The van der Waals surface area contributed by atoms with Gasteiger partial charge in [-0.05, 0) is 86.4 Å². The summed E-state index contributed by atoms with van der Waals surface area (Å²) in [6.07, 6.45) is 8.49. The molecule has 2 aromatic rings. The summed E-state index contributed by atoms with van der Waals surface area (Å²) in [6, 6.07) is 4.19. The van der Waals surface area contributed by atoms with Gasteiger partial charge in [0, 0.05) is 17.6 Å². The van der Waals surface area contributed by atoms with Gasteiger partial charge < -0.3 is 15.5 Å². The van der Waals surface area contributed by atoms with Crippen LogP contribution in [0.25, 0.3) is 10.8 Å². The van der Waals surface area contributed by atoms with Crippen molar-refractivity contribution in [3.05, 3.63) is 39.8 Å². The molecule has 142 valence electrons. The molecule has 1 aliphatic carbocycles. The number of hydrogen-bond donors (Lipinski definition) is 2. The van der Waals surface area contributed by atoms with Crippen LogP contribution >= 0.6 is 0 Å². The smallest absolute Gasteiger partial charge is 0.255 e. The number of benzene rings is 1. The number of aromatic nitrogens is 1. The summed E-state index contributed by atoms with van der Waals surface area (Å²) in [5, 5.41) is 1.71. The number of aromatic amines is 1. The Balaban J connectivity index is 1.82. The van der Waals surface area contributed by atoms with Crippen molar-refractivity contribution in [2.75, 3.05) is 0 Å². The predicted octanol–water partition coefficient (Wildman–Crippen LogP) is 4.60. The SMILES string of the molecule is CC[C@@H](N)[C@]1(CC)CC[C@@H](Oc2c(C)cc3c(=O)[nH]ccc3c2C)CC1. The zero-order chi connectivity index (χ0) is 18.9. The van der Waals surface area contributed by atoms with Crippen LogP contribution in [0.4, 0.5) is 0 Å². The molecule has 3 N–H and O–H groups in total. The van der Waals surface area contributed by atoms with E-state index in [1.165, 1.54) is 0 Å². The maximum atomic E-state index is 12.1. The Hall–Kier alpha value is -1.81. The first-order chi connectivity index (χ1) is 12.4. The lowest BCUT2D eigenvalue weighted by atomic mass is 9.66. The summed E-state index contributed by atoms with van der Waals surface area (Å²) in [7, 11) is 0. The molecule has 0 saturated heterocycles. The van der Waals surface area contributed by atoms with Crippen LogP contribution < -0.4 is 16.0 Å². The number of aryl methyl sites for hydroxylation is 2. The number of hydrogen-bond acceptors (Lipinski definition) is 3. The third-order valence-corrected chi connectivity index (χ3v) is 6.61. The van der Waals surface area contributed by atoms with Crippen LogP contribution in [0.3, 0.4) is 0 Å². The molecule has 0 radical (unpaired) electrons. The average Bonchev–Trinajstić information content (AvgIpc) is 2.66. The van der Waals surface area contributed by atoms with E-state index in [-0.39, 0.29) is 23.1 Å². The zero-order valence-electron chi connectivity index (χ0n) is 16.5. The summed E-state index contributed by atoms with van der Waals surface area (Å²) < 4.78 is 6.46. The number of pyridine rings is 1. The molecule has 0 aliphatic heterocycles. The summed E-state index contributed by atoms with van der Waals surface area (Å²) in [4.78, 5) is 14.8. The highest BCUT2D eigenvalue weighted by Gasteiger charge is 2.38. The quantitative estimate of drug-likeness (QED) is 0.822. The monoisotopic (exact) mass is 356 g/mol. The van der Waals surface area contributed by atoms with Crippen molar-refractivity contribution in [1.29, 1.82) is 0 Å². The average molecular weight is 357 g/mol. The zero-order valence-corrected chi connectivity index (χ0v) is 16.5. The first-order valence-corrected chi connectivity index (χ1v) is 9.95. The van der Waals surface area contributed by atoms with E-state index in [1.807, 2.05) is 19.1 Å². The molecule has 1 atom stereocenters. The third-order valence-electron chi connectivity index (χ3n) is 6.61. The standard InChI is InChI=1S/C22H32N2O2/c1-5-19(23)22(6-2)10-7-16(8-11-22)26-20-14(3)13-18-17(15(20)4)9-12-24-21(18)25/h9,12-13,16,19H,5-8,10-11,23H2,1-4H3,(H,24,25)/t16-,19-,22-/m1/s1. The van der Waals surface area contributed by atoms with Crippen molar-refractivity contribution in [2.45, 2.75) is 78.4 Å². The van der Waals surface area contributed by atoms with E-state index >= 15 is 0 Å². The maximum Gasteiger partial charge on any atom is 0.255 e. The van der Waals surface area contributed by atoms with Gasteiger partial charge in [0.1, 0.15) is 5.75 Å². The van der Waals surface area contributed by atoms with Gasteiger partial charge in [-0.1, -0.05) is 13.8 Å². The van der Waals surface area contributed by atoms with Gasteiger partial charge in [-0.25, -0.2) is 0 Å². The van der Waals surface area contributed by atoms with Crippen molar-refractivity contribution in [3.8, 4) is 5.75 Å². The molecule has 1 aliphatic rings. The molecule has 0 spiro atoms. The van der Waals surface area contributed by atoms with Crippen LogP contribution in [0.1, 0.15) is 63.5 Å². The normalized spacial score (nSPS) is 24.6. The Morgan fingerprint density at radius 3 is 2.58 bits per heavy atom. The molecule has 1 aromatic carbocycles. The Bertz CT molecular complexity index is 832. The fourth-order valence-electron chi connectivity index (χ4n) is 4.71. The highest BCUT2D eigenvalue weighted by Crippen LogP contribution is 2.44. The van der Waals surface area contributed by atoms with Gasteiger partial charge >= 0.3 is 0 Å². The Morgan fingerprint density at radius 1 is 1.27 bits per heavy atom. The number of H-pyrrole nitrogens is 1. The van der Waals surface area contributed by atoms with Crippen LogP contribution in [0, 0.1) is 19.3 Å². The van der Waals surface area contributed by atoms with E-state index in [9.17, 15) is 4.79 Å². The molecular weight excluding hydrogens is 324 g/mol. The Kier molecular flexibility index (Phi) is 5.42. The van der Waals surface area contributed by atoms with Gasteiger partial charge in [-0.3, -0.25) is 4.79 Å². The van der Waals surface area contributed by atoms with Crippen molar-refractivity contribution < 1.29 is 4.74 Å². The van der Waals surface area contributed by atoms with Crippen molar-refractivity contribution in [2.24, 2.45) is 11.1 Å². The third kappa shape index (κ3) is 3.27. The second-order valence-electron chi connectivity index (χ2n) is 7.96. The molecule has 4 nitrogen and oxygen atoms in total. The minimum atomic E-state index is -0.0424. The van der Waals surface area contributed by atoms with Crippen LogP contribution in [0.15, 0.2) is 23.1 Å². The number of nitrogens with two attached hydrogens (primary N) is 1. The lowest BCUT2D eigenvalue weighted by Gasteiger charge is -2.43. The summed E-state index contributed by atoms with van der Waals surface area (Å²) in [5.41, 5.74) is 8.76. The van der Waals surface area contributed by atoms with Crippen LogP contribution in [-0.2, 0) is 0 Å². The fraction of sp³-hybridized carbons (Fsp3) is 0.591. The first kappa shape index (κ1) is 19.0. The van der Waals surface area contributed by atoms with Crippen molar-refractivity contribution in [3.63, 3.8) is 0 Å². The molecule has 1 fully saturated rings. The molecule has 1 aromatic heterocycles. The van der Waals surface area contributed by atoms with E-state index in [0.29, 0.717) is 0 Å². The highest BCUT2D eigenvalue weighted by molar-refractivity contribution is 5.87. The second kappa shape index (κ2) is 7.43. The van der Waals surface area contributed by atoms with E-state index in [1.54, 1.807) is 6.20 Å². The van der Waals surface area contributed by atoms with E-state index in [2.05, 4.69) is 25.8 Å². The van der Waals surface area contributed by atoms with Crippen LogP contribution in [0.2, 0.25) is 0 Å². The highest BCUT2D eigenvalue weighted by atomic mass is 16.5. The minimum absolute atomic E-state index is 0.0424. The molecule has 26 heavy (non-hydrogen) atoms. The first-order valence-electron chi connectivity index (χ1n) is 9.95. The Morgan fingerprint density at radius 2 is 1.96 bits per heavy atom. The molecular formula is C22H32N2O2. The van der Waals surface area contributed by atoms with Crippen LogP contribution in [-0.4, -0.2) is 17.1 Å². The minimum Gasteiger partial charge on any atom is -0.490 e. The molecule has 4 heteroatoms. The lowest BCUT2D eigenvalue weighted by molar-refractivity contribution is 0.0562. The van der Waals surface area contributed by atoms with E-state index < -0.39 is 0 Å². The van der Waals surface area contributed by atoms with Gasteiger partial charge in [0.25, 0.3) is 5.56 Å². The number of ether oxygens (including phenoxy) is 1. The molecule has 1 heterocycles. The topological polar surface area (TPSA) is 68.1 Å². The number of rotatable bonds is 5. The van der Waals surface area contributed by atoms with Gasteiger partial charge in [0.15, 0.2) is 0 Å². The summed E-state index contributed by atoms with van der Waals surface area (Å²) >= 11 is 0. The van der Waals surface area contributed by atoms with Gasteiger partial charge in [0.05, 0.1) is 6.10 Å². The number of nitrogens with one attached hydrogen (secondary N) is 1. The molecule has 0 bridgehead atoms. The molecule has 0 amide bonds. The second-order valence-corrected chi connectivity index (χ2v) is 7.96.